The van der Waals surface area contributed by atoms with Crippen molar-refractivity contribution in [2.24, 2.45) is 11.8 Å². The molecule has 0 heterocycles. The second-order valence-corrected chi connectivity index (χ2v) is 4.84. The SMILES string of the molecule is O=C(O)C1CC1C(=O)Nc1ccc2ccccc2c1. The molecule has 2 aromatic carbocycles. The number of carboxylic acids is 1. The smallest absolute Gasteiger partial charge is 0.307 e. The first-order chi connectivity index (χ1) is 9.15. The van der Waals surface area contributed by atoms with Crippen LogP contribution in [0.15, 0.2) is 42.5 Å². The van der Waals surface area contributed by atoms with E-state index in [2.05, 4.69) is 5.32 Å². The number of carboxylic acid groups (broad SMARTS) is 1. The molecule has 1 amide bonds. The van der Waals surface area contributed by atoms with Crippen molar-refractivity contribution < 1.29 is 14.7 Å². The standard InChI is InChI=1S/C15H13NO3/c17-14(12-8-13(12)15(18)19)16-11-6-5-9-3-1-2-4-10(9)7-11/h1-7,12-13H,8H2,(H,16,17)(H,18,19). The summed E-state index contributed by atoms with van der Waals surface area (Å²) in [6.45, 7) is 0. The molecule has 2 atom stereocenters. The fourth-order valence-electron chi connectivity index (χ4n) is 2.26. The van der Waals surface area contributed by atoms with Gasteiger partial charge in [0.05, 0.1) is 11.8 Å². The summed E-state index contributed by atoms with van der Waals surface area (Å²) >= 11 is 0. The Hall–Kier alpha value is -2.36. The van der Waals surface area contributed by atoms with Crippen molar-refractivity contribution in [1.82, 2.24) is 0 Å². The van der Waals surface area contributed by atoms with E-state index in [1.807, 2.05) is 42.5 Å². The number of nitrogens with one attached hydrogen (secondary N) is 1. The molecular weight excluding hydrogens is 242 g/mol. The number of carbonyl (C=O) groups excluding carboxylic acids is 1. The zero-order chi connectivity index (χ0) is 13.4. The lowest BCUT2D eigenvalue weighted by Crippen LogP contribution is -2.16. The second kappa shape index (κ2) is 4.39. The minimum Gasteiger partial charge on any atom is -0.481 e. The van der Waals surface area contributed by atoms with Crippen molar-refractivity contribution in [2.45, 2.75) is 6.42 Å². The predicted molar refractivity (Wildman–Crippen MR) is 71.8 cm³/mol. The van der Waals surface area contributed by atoms with Crippen molar-refractivity contribution in [1.29, 1.82) is 0 Å². The predicted octanol–water partition coefficient (Wildman–Crippen LogP) is 2.50. The number of amides is 1. The molecule has 0 bridgehead atoms. The van der Waals surface area contributed by atoms with Gasteiger partial charge in [-0.25, -0.2) is 0 Å². The van der Waals surface area contributed by atoms with Crippen molar-refractivity contribution in [3.63, 3.8) is 0 Å². The lowest BCUT2D eigenvalue weighted by molar-refractivity contribution is -0.139. The van der Waals surface area contributed by atoms with Gasteiger partial charge in [0.1, 0.15) is 0 Å². The van der Waals surface area contributed by atoms with Crippen LogP contribution in [0.3, 0.4) is 0 Å². The molecule has 1 aliphatic carbocycles. The van der Waals surface area contributed by atoms with Gasteiger partial charge in [0, 0.05) is 5.69 Å². The van der Waals surface area contributed by atoms with E-state index >= 15 is 0 Å². The second-order valence-electron chi connectivity index (χ2n) is 4.84. The molecule has 0 saturated heterocycles. The highest BCUT2D eigenvalue weighted by Crippen LogP contribution is 2.39. The molecule has 4 heteroatoms. The third-order valence-electron chi connectivity index (χ3n) is 3.46. The number of benzene rings is 2. The van der Waals surface area contributed by atoms with Crippen LogP contribution in [-0.2, 0) is 9.59 Å². The number of anilines is 1. The van der Waals surface area contributed by atoms with E-state index in [1.54, 1.807) is 0 Å². The van der Waals surface area contributed by atoms with E-state index in [-0.39, 0.29) is 11.8 Å². The summed E-state index contributed by atoms with van der Waals surface area (Å²) in [6, 6.07) is 13.5. The zero-order valence-electron chi connectivity index (χ0n) is 10.2. The van der Waals surface area contributed by atoms with Crippen LogP contribution in [0.1, 0.15) is 6.42 Å². The van der Waals surface area contributed by atoms with Crippen molar-refractivity contribution in [3.8, 4) is 0 Å². The summed E-state index contributed by atoms with van der Waals surface area (Å²) in [5, 5.41) is 13.7. The topological polar surface area (TPSA) is 66.4 Å². The Morgan fingerprint density at radius 2 is 1.79 bits per heavy atom. The summed E-state index contributed by atoms with van der Waals surface area (Å²) in [5.74, 6) is -1.99. The summed E-state index contributed by atoms with van der Waals surface area (Å²) < 4.78 is 0. The first-order valence-electron chi connectivity index (χ1n) is 6.17. The van der Waals surface area contributed by atoms with Gasteiger partial charge in [-0.1, -0.05) is 30.3 Å². The third-order valence-corrected chi connectivity index (χ3v) is 3.46. The maximum atomic E-state index is 11.9. The van der Waals surface area contributed by atoms with E-state index < -0.39 is 11.9 Å². The minimum absolute atomic E-state index is 0.206. The molecule has 2 unspecified atom stereocenters. The molecule has 0 radical (unpaired) electrons. The van der Waals surface area contributed by atoms with Gasteiger partial charge in [-0.15, -0.1) is 0 Å². The van der Waals surface area contributed by atoms with Gasteiger partial charge in [0.15, 0.2) is 0 Å². The number of hydrogen-bond donors (Lipinski definition) is 2. The Kier molecular flexibility index (Phi) is 2.71. The molecule has 1 aliphatic rings. The van der Waals surface area contributed by atoms with Gasteiger partial charge >= 0.3 is 5.97 Å². The van der Waals surface area contributed by atoms with E-state index in [4.69, 9.17) is 5.11 Å². The fraction of sp³-hybridized carbons (Fsp3) is 0.200. The highest BCUT2D eigenvalue weighted by Gasteiger charge is 2.48. The van der Waals surface area contributed by atoms with E-state index in [1.165, 1.54) is 0 Å². The van der Waals surface area contributed by atoms with Crippen LogP contribution < -0.4 is 5.32 Å². The average molecular weight is 255 g/mol. The highest BCUT2D eigenvalue weighted by molar-refractivity contribution is 5.99. The molecule has 0 spiro atoms. The number of fused-ring (bicyclic) bond motifs is 1. The van der Waals surface area contributed by atoms with Crippen molar-refractivity contribution in [2.75, 3.05) is 5.32 Å². The Bertz CT molecular complexity index is 665. The molecule has 3 rings (SSSR count). The lowest BCUT2D eigenvalue weighted by Gasteiger charge is -2.06. The van der Waals surface area contributed by atoms with Gasteiger partial charge < -0.3 is 10.4 Å². The van der Waals surface area contributed by atoms with Crippen LogP contribution >= 0.6 is 0 Å². The number of hydrogen-bond acceptors (Lipinski definition) is 2. The molecule has 0 aromatic heterocycles. The molecule has 19 heavy (non-hydrogen) atoms. The summed E-state index contributed by atoms with van der Waals surface area (Å²) in [7, 11) is 0. The Labute approximate surface area is 110 Å². The number of carbonyl (C=O) groups is 2. The van der Waals surface area contributed by atoms with Gasteiger partial charge in [-0.3, -0.25) is 9.59 Å². The molecule has 2 aromatic rings. The highest BCUT2D eigenvalue weighted by atomic mass is 16.4. The number of rotatable bonds is 3. The lowest BCUT2D eigenvalue weighted by atomic mass is 10.1. The minimum atomic E-state index is -0.890. The van der Waals surface area contributed by atoms with Gasteiger partial charge in [0.2, 0.25) is 5.91 Å². The van der Waals surface area contributed by atoms with Crippen LogP contribution in [0.5, 0.6) is 0 Å². The largest absolute Gasteiger partial charge is 0.481 e. The quantitative estimate of drug-likeness (QED) is 0.885. The molecule has 4 nitrogen and oxygen atoms in total. The van der Waals surface area contributed by atoms with Crippen LogP contribution in [0.2, 0.25) is 0 Å². The van der Waals surface area contributed by atoms with E-state index in [9.17, 15) is 9.59 Å². The summed E-state index contributed by atoms with van der Waals surface area (Å²) in [4.78, 5) is 22.6. The van der Waals surface area contributed by atoms with Crippen LogP contribution in [-0.4, -0.2) is 17.0 Å². The summed E-state index contributed by atoms with van der Waals surface area (Å²) in [6.07, 6.45) is 0.439. The molecule has 2 N–H and O–H groups in total. The first-order valence-corrected chi connectivity index (χ1v) is 6.17. The molecule has 1 fully saturated rings. The van der Waals surface area contributed by atoms with Gasteiger partial charge in [0.25, 0.3) is 0 Å². The first kappa shape index (κ1) is 11.7. The zero-order valence-corrected chi connectivity index (χ0v) is 10.2. The maximum Gasteiger partial charge on any atom is 0.307 e. The molecular formula is C15H13NO3. The van der Waals surface area contributed by atoms with Crippen LogP contribution in [0.25, 0.3) is 10.8 Å². The summed E-state index contributed by atoms with van der Waals surface area (Å²) in [5.41, 5.74) is 0.708. The van der Waals surface area contributed by atoms with Crippen LogP contribution in [0, 0.1) is 11.8 Å². The van der Waals surface area contributed by atoms with Crippen molar-refractivity contribution >= 4 is 28.3 Å². The monoisotopic (exact) mass is 255 g/mol. The fourth-order valence-corrected chi connectivity index (χ4v) is 2.26. The Balaban J connectivity index is 1.75. The normalized spacial score (nSPS) is 21.1. The van der Waals surface area contributed by atoms with Gasteiger partial charge in [-0.05, 0) is 29.3 Å². The number of aliphatic carboxylic acids is 1. The average Bonchev–Trinajstić information content (AvgIpc) is 3.19. The Morgan fingerprint density at radius 3 is 2.47 bits per heavy atom. The van der Waals surface area contributed by atoms with E-state index in [0.717, 1.165) is 10.8 Å². The maximum absolute atomic E-state index is 11.9. The van der Waals surface area contributed by atoms with Gasteiger partial charge in [-0.2, -0.15) is 0 Å². The Morgan fingerprint density at radius 1 is 1.05 bits per heavy atom. The van der Waals surface area contributed by atoms with E-state index in [0.29, 0.717) is 12.1 Å². The van der Waals surface area contributed by atoms with Crippen LogP contribution in [0.4, 0.5) is 5.69 Å². The molecule has 0 aliphatic heterocycles. The van der Waals surface area contributed by atoms with Crippen molar-refractivity contribution in [3.05, 3.63) is 42.5 Å². The molecule has 1 saturated carbocycles. The molecule has 96 valence electrons. The third kappa shape index (κ3) is 2.29.